The lowest BCUT2D eigenvalue weighted by molar-refractivity contribution is -0.148. The molecule has 1 aromatic heterocycles. The lowest BCUT2D eigenvalue weighted by Gasteiger charge is -2.39. The Bertz CT molecular complexity index is 1360. The van der Waals surface area contributed by atoms with Crippen LogP contribution in [0.15, 0.2) is 24.3 Å². The molecule has 3 amide bonds. The summed E-state index contributed by atoms with van der Waals surface area (Å²) in [6.07, 6.45) is 3.08. The molecule has 2 aliphatic heterocycles. The van der Waals surface area contributed by atoms with Crippen molar-refractivity contribution < 1.29 is 28.7 Å². The van der Waals surface area contributed by atoms with E-state index < -0.39 is 49.0 Å². The van der Waals surface area contributed by atoms with Gasteiger partial charge in [-0.2, -0.15) is 0 Å². The number of carboxylic acids is 1. The molecule has 2 saturated heterocycles. The maximum atomic E-state index is 13.9. The second kappa shape index (κ2) is 13.3. The molecule has 4 rings (SSSR count). The van der Waals surface area contributed by atoms with Gasteiger partial charge < -0.3 is 36.3 Å². The number of nitrogens with zero attached hydrogens (tertiary/aromatic N) is 3. The second-order valence-corrected chi connectivity index (χ2v) is 11.1. The molecule has 0 bridgehead atoms. The molecule has 12 nitrogen and oxygen atoms in total. The Morgan fingerprint density at radius 1 is 1.19 bits per heavy atom. The van der Waals surface area contributed by atoms with Crippen LogP contribution >= 0.6 is 0 Å². The van der Waals surface area contributed by atoms with Gasteiger partial charge in [0.15, 0.2) is 0 Å². The van der Waals surface area contributed by atoms with Crippen molar-refractivity contribution in [2.75, 3.05) is 19.8 Å². The first kappa shape index (κ1) is 30.9. The molecule has 3 heterocycles. The minimum atomic E-state index is -1.40. The minimum absolute atomic E-state index is 0.0145. The largest absolute Gasteiger partial charge is 0.480 e. The van der Waals surface area contributed by atoms with E-state index in [1.165, 1.54) is 4.90 Å². The molecule has 7 N–H and O–H groups in total. The Hall–Kier alpha value is -4.00. The van der Waals surface area contributed by atoms with Crippen LogP contribution in [-0.2, 0) is 32.1 Å². The van der Waals surface area contributed by atoms with Crippen molar-refractivity contribution in [1.29, 1.82) is 5.41 Å². The zero-order valence-corrected chi connectivity index (χ0v) is 23.9. The number of hydrogen-bond donors (Lipinski definition) is 5. The Balaban J connectivity index is 1.41. The lowest BCUT2D eigenvalue weighted by atomic mass is 9.97. The van der Waals surface area contributed by atoms with Crippen LogP contribution in [0.2, 0.25) is 0 Å². The van der Waals surface area contributed by atoms with E-state index >= 15 is 0 Å². The number of rotatable bonds is 12. The molecular weight excluding hydrogens is 545 g/mol. The van der Waals surface area contributed by atoms with Crippen LogP contribution in [0.5, 0.6) is 0 Å². The quantitative estimate of drug-likeness (QED) is 0.182. The third kappa shape index (κ3) is 6.72. The maximum Gasteiger partial charge on any atom is 0.321 e. The van der Waals surface area contributed by atoms with Crippen LogP contribution in [0, 0.1) is 5.41 Å². The van der Waals surface area contributed by atoms with Crippen molar-refractivity contribution in [3.63, 3.8) is 0 Å². The summed E-state index contributed by atoms with van der Waals surface area (Å²) in [5, 5.41) is 20.3. The van der Waals surface area contributed by atoms with E-state index in [2.05, 4.69) is 22.9 Å². The van der Waals surface area contributed by atoms with Gasteiger partial charge in [-0.05, 0) is 63.0 Å². The predicted molar refractivity (Wildman–Crippen MR) is 155 cm³/mol. The number of aryl methyl sites for hydroxylation is 2. The standard InChI is InChI=1S/C29H40FN7O5/c1-2-35-20(12-17-5-6-18(27(32)33)13-24(17)35)8-7-19-4-3-11-36(19)26(39)16-37-21(15-30)9-10-23(28(37)40)34-25(38)14-22(31)29(41)42/h5-6,12-13,19,21-23H,2-4,7-11,14-16,31H2,1H3,(H3,32,33)(H,34,38)(H,41,42)/t19-,21-,22-,23-/m0/s1. The number of nitrogens with one attached hydrogen (secondary N) is 2. The van der Waals surface area contributed by atoms with E-state index in [0.29, 0.717) is 12.1 Å². The van der Waals surface area contributed by atoms with Gasteiger partial charge in [0.1, 0.15) is 31.1 Å². The number of amides is 3. The fraction of sp³-hybridized carbons (Fsp3) is 0.552. The van der Waals surface area contributed by atoms with Crippen molar-refractivity contribution in [2.24, 2.45) is 11.5 Å². The SMILES string of the molecule is CCn1c(CC[C@@H]2CCCN2C(=O)CN2C(=O)[C@@H](NC(=O)C[C@H](N)C(=O)O)CC[C@H]2CF)cc2ccc(C(=N)N)cc21. The minimum Gasteiger partial charge on any atom is -0.480 e. The van der Waals surface area contributed by atoms with Gasteiger partial charge in [0.25, 0.3) is 0 Å². The van der Waals surface area contributed by atoms with E-state index in [0.717, 1.165) is 48.8 Å². The Morgan fingerprint density at radius 3 is 2.62 bits per heavy atom. The van der Waals surface area contributed by atoms with Gasteiger partial charge in [0.05, 0.1) is 12.5 Å². The van der Waals surface area contributed by atoms with Crippen LogP contribution in [0.4, 0.5) is 4.39 Å². The summed E-state index contributed by atoms with van der Waals surface area (Å²) in [5.74, 6) is -2.81. The number of benzene rings is 1. The van der Waals surface area contributed by atoms with Gasteiger partial charge in [-0.3, -0.25) is 24.6 Å². The summed E-state index contributed by atoms with van der Waals surface area (Å²) < 4.78 is 16.1. The van der Waals surface area contributed by atoms with Gasteiger partial charge in [-0.15, -0.1) is 0 Å². The van der Waals surface area contributed by atoms with E-state index in [1.54, 1.807) is 4.90 Å². The molecule has 2 aromatic rings. The molecule has 13 heteroatoms. The number of carbonyl (C=O) groups is 4. The van der Waals surface area contributed by atoms with Crippen molar-refractivity contribution in [3.05, 3.63) is 35.5 Å². The highest BCUT2D eigenvalue weighted by Crippen LogP contribution is 2.27. The van der Waals surface area contributed by atoms with Crippen molar-refractivity contribution >= 4 is 40.4 Å². The summed E-state index contributed by atoms with van der Waals surface area (Å²) >= 11 is 0. The summed E-state index contributed by atoms with van der Waals surface area (Å²) in [7, 11) is 0. The van der Waals surface area contributed by atoms with Crippen LogP contribution in [0.1, 0.15) is 56.7 Å². The van der Waals surface area contributed by atoms with Crippen LogP contribution in [0.25, 0.3) is 10.9 Å². The molecule has 2 aliphatic rings. The fourth-order valence-corrected chi connectivity index (χ4v) is 6.14. The number of amidine groups is 1. The molecule has 4 atom stereocenters. The summed E-state index contributed by atoms with van der Waals surface area (Å²) in [6.45, 7) is 2.27. The van der Waals surface area contributed by atoms with Gasteiger partial charge >= 0.3 is 5.97 Å². The zero-order chi connectivity index (χ0) is 30.6. The molecule has 0 unspecified atom stereocenters. The molecule has 2 fully saturated rings. The third-order valence-electron chi connectivity index (χ3n) is 8.40. The first-order valence-corrected chi connectivity index (χ1v) is 14.4. The second-order valence-electron chi connectivity index (χ2n) is 11.1. The Morgan fingerprint density at radius 2 is 1.95 bits per heavy atom. The number of alkyl halides is 1. The number of carbonyl (C=O) groups excluding carboxylic acids is 3. The topological polar surface area (TPSA) is 188 Å². The average molecular weight is 586 g/mol. The van der Waals surface area contributed by atoms with E-state index in [-0.39, 0.29) is 37.2 Å². The monoisotopic (exact) mass is 585 g/mol. The number of nitrogens with two attached hydrogens (primary N) is 2. The molecule has 0 radical (unpaired) electrons. The zero-order valence-electron chi connectivity index (χ0n) is 23.9. The van der Waals surface area contributed by atoms with Gasteiger partial charge in [0, 0.05) is 35.9 Å². The first-order chi connectivity index (χ1) is 20.0. The van der Waals surface area contributed by atoms with Gasteiger partial charge in [0.2, 0.25) is 17.7 Å². The van der Waals surface area contributed by atoms with Crippen LogP contribution < -0.4 is 16.8 Å². The van der Waals surface area contributed by atoms with Crippen molar-refractivity contribution in [3.8, 4) is 0 Å². The molecule has 0 aliphatic carbocycles. The van der Waals surface area contributed by atoms with Crippen LogP contribution in [0.3, 0.4) is 0 Å². The number of hydrogen-bond acceptors (Lipinski definition) is 6. The molecule has 1 aromatic carbocycles. The highest BCUT2D eigenvalue weighted by molar-refractivity contribution is 5.98. The predicted octanol–water partition coefficient (Wildman–Crippen LogP) is 1.12. The van der Waals surface area contributed by atoms with Crippen molar-refractivity contribution in [2.45, 2.75) is 82.6 Å². The number of piperidine rings is 1. The lowest BCUT2D eigenvalue weighted by Crippen LogP contribution is -2.59. The number of aromatic nitrogens is 1. The number of aliphatic carboxylic acids is 1. The third-order valence-corrected chi connectivity index (χ3v) is 8.40. The molecule has 0 saturated carbocycles. The van der Waals surface area contributed by atoms with Crippen molar-refractivity contribution in [1.82, 2.24) is 19.7 Å². The first-order valence-electron chi connectivity index (χ1n) is 14.4. The van der Waals surface area contributed by atoms with E-state index in [9.17, 15) is 23.6 Å². The van der Waals surface area contributed by atoms with Gasteiger partial charge in [-0.1, -0.05) is 12.1 Å². The van der Waals surface area contributed by atoms with Crippen LogP contribution in [-0.4, -0.2) is 92.9 Å². The fourth-order valence-electron chi connectivity index (χ4n) is 6.14. The van der Waals surface area contributed by atoms with E-state index in [1.807, 2.05) is 18.2 Å². The molecule has 228 valence electrons. The summed E-state index contributed by atoms with van der Waals surface area (Å²) in [5.41, 5.74) is 13.9. The highest BCUT2D eigenvalue weighted by Gasteiger charge is 2.39. The molecule has 42 heavy (non-hydrogen) atoms. The number of carboxylic acid groups (broad SMARTS) is 1. The summed E-state index contributed by atoms with van der Waals surface area (Å²) in [4.78, 5) is 52.9. The van der Waals surface area contributed by atoms with Gasteiger partial charge in [-0.25, -0.2) is 4.39 Å². The average Bonchev–Trinajstić information content (AvgIpc) is 3.57. The summed E-state index contributed by atoms with van der Waals surface area (Å²) in [6, 6.07) is 4.68. The number of nitrogen functional groups attached to an aromatic ring is 1. The maximum absolute atomic E-state index is 13.9. The Kier molecular flexibility index (Phi) is 9.81. The molecular formula is C29H40FN7O5. The number of likely N-dealkylation sites (tertiary alicyclic amines) is 2. The highest BCUT2D eigenvalue weighted by atomic mass is 19.1. The normalized spacial score (nSPS) is 21.5. The Labute approximate surface area is 243 Å². The van der Waals surface area contributed by atoms with E-state index in [4.69, 9.17) is 22.0 Å². The number of halogens is 1. The smallest absolute Gasteiger partial charge is 0.321 e. The molecule has 0 spiro atoms. The number of fused-ring (bicyclic) bond motifs is 1.